The van der Waals surface area contributed by atoms with Crippen LogP contribution in [0.2, 0.25) is 0 Å². The van der Waals surface area contributed by atoms with Gasteiger partial charge in [-0.25, -0.2) is 0 Å². The first-order chi connectivity index (χ1) is 5.77. The van der Waals surface area contributed by atoms with Crippen molar-refractivity contribution in [3.8, 4) is 0 Å². The van der Waals surface area contributed by atoms with Crippen molar-refractivity contribution in [3.63, 3.8) is 0 Å². The van der Waals surface area contributed by atoms with Gasteiger partial charge >= 0.3 is 0 Å². The van der Waals surface area contributed by atoms with Crippen LogP contribution in [0.1, 0.15) is 26.2 Å². The highest BCUT2D eigenvalue weighted by atomic mass is 16.3. The largest absolute Gasteiger partial charge is 0.483 e. The molecule has 0 aromatic heterocycles. The molecule has 12 heavy (non-hydrogen) atoms. The van der Waals surface area contributed by atoms with Crippen LogP contribution in [-0.2, 0) is 4.79 Å². The highest BCUT2D eigenvalue weighted by molar-refractivity contribution is 5.32. The summed E-state index contributed by atoms with van der Waals surface area (Å²) in [5.74, 6) is 2.01. The Morgan fingerprint density at radius 2 is 2.17 bits per heavy atom. The summed E-state index contributed by atoms with van der Waals surface area (Å²) in [7, 11) is 0. The van der Waals surface area contributed by atoms with Gasteiger partial charge in [-0.15, -0.1) is 0 Å². The first-order valence-electron chi connectivity index (χ1n) is 4.59. The zero-order chi connectivity index (χ0) is 8.97. The minimum Gasteiger partial charge on any atom is -0.483 e. The number of hydrogen-bond acceptors (Lipinski definition) is 2. The number of fused-ring (bicyclic) bond motifs is 3. The summed E-state index contributed by atoms with van der Waals surface area (Å²) in [6.45, 7) is 3.45. The minimum absolute atomic E-state index is 0.250. The summed E-state index contributed by atoms with van der Waals surface area (Å²) in [6, 6.07) is 0.880. The number of carbonyl (C=O) groups is 1. The second kappa shape index (κ2) is 4.45. The number of piperidine rings is 2. The zero-order valence-corrected chi connectivity index (χ0v) is 7.49. The SMILES string of the molecule is CC1CC2CCC1CN2.O=CO. The van der Waals surface area contributed by atoms with Gasteiger partial charge in [-0.1, -0.05) is 6.92 Å². The third-order valence-electron chi connectivity index (χ3n) is 3.02. The fourth-order valence-electron chi connectivity index (χ4n) is 2.27. The molecule has 0 radical (unpaired) electrons. The molecule has 3 unspecified atom stereocenters. The second-order valence-electron chi connectivity index (χ2n) is 3.76. The normalized spacial score (nSPS) is 38.2. The van der Waals surface area contributed by atoms with E-state index < -0.39 is 0 Å². The Bertz CT molecular complexity index is 141. The summed E-state index contributed by atoms with van der Waals surface area (Å²) in [5, 5.41) is 10.4. The average molecular weight is 171 g/mol. The molecule has 2 heterocycles. The van der Waals surface area contributed by atoms with Crippen LogP contribution in [0, 0.1) is 11.8 Å². The number of rotatable bonds is 0. The summed E-state index contributed by atoms with van der Waals surface area (Å²) >= 11 is 0. The predicted octanol–water partition coefficient (Wildman–Crippen LogP) is 1.10. The van der Waals surface area contributed by atoms with E-state index in [2.05, 4.69) is 12.2 Å². The fourth-order valence-corrected chi connectivity index (χ4v) is 2.27. The van der Waals surface area contributed by atoms with E-state index >= 15 is 0 Å². The van der Waals surface area contributed by atoms with Crippen molar-refractivity contribution in [3.05, 3.63) is 0 Å². The third-order valence-corrected chi connectivity index (χ3v) is 3.02. The lowest BCUT2D eigenvalue weighted by Crippen LogP contribution is -2.48. The van der Waals surface area contributed by atoms with Crippen molar-refractivity contribution in [1.29, 1.82) is 0 Å². The van der Waals surface area contributed by atoms with Gasteiger partial charge in [0.25, 0.3) is 6.47 Å². The van der Waals surface area contributed by atoms with Crippen molar-refractivity contribution >= 4 is 6.47 Å². The van der Waals surface area contributed by atoms with E-state index in [9.17, 15) is 0 Å². The molecule has 3 rings (SSSR count). The standard InChI is InChI=1S/C8H15N.CH2O2/c1-6-4-8-3-2-7(6)5-9-8;2-1-3/h6-9H,2-5H2,1H3;1H,(H,2,3). The summed E-state index contributed by atoms with van der Waals surface area (Å²) in [4.78, 5) is 8.36. The van der Waals surface area contributed by atoms with Crippen molar-refractivity contribution in [2.24, 2.45) is 11.8 Å². The molecule has 3 atom stereocenters. The van der Waals surface area contributed by atoms with Crippen LogP contribution in [0.15, 0.2) is 0 Å². The van der Waals surface area contributed by atoms with Gasteiger partial charge in [0.2, 0.25) is 0 Å². The van der Waals surface area contributed by atoms with Gasteiger partial charge in [-0.3, -0.25) is 4.79 Å². The molecular formula is C9H17NO2. The Morgan fingerprint density at radius 1 is 1.50 bits per heavy atom. The van der Waals surface area contributed by atoms with Crippen LogP contribution in [-0.4, -0.2) is 24.2 Å². The lowest BCUT2D eigenvalue weighted by atomic mass is 9.74. The Balaban J connectivity index is 0.000000213. The Kier molecular flexibility index (Phi) is 3.53. The molecule has 3 aliphatic rings. The van der Waals surface area contributed by atoms with Crippen molar-refractivity contribution < 1.29 is 9.90 Å². The monoisotopic (exact) mass is 171 g/mol. The molecule has 70 valence electrons. The summed E-state index contributed by atoms with van der Waals surface area (Å²) in [6.07, 6.45) is 4.36. The van der Waals surface area contributed by atoms with Gasteiger partial charge in [-0.2, -0.15) is 0 Å². The lowest BCUT2D eigenvalue weighted by molar-refractivity contribution is -0.122. The molecular weight excluding hydrogens is 154 g/mol. The van der Waals surface area contributed by atoms with Crippen LogP contribution in [0.25, 0.3) is 0 Å². The third kappa shape index (κ3) is 2.21. The van der Waals surface area contributed by atoms with E-state index in [-0.39, 0.29) is 6.47 Å². The minimum atomic E-state index is -0.250. The van der Waals surface area contributed by atoms with E-state index in [0.29, 0.717) is 0 Å². The van der Waals surface area contributed by atoms with Gasteiger partial charge in [0, 0.05) is 6.04 Å². The van der Waals surface area contributed by atoms with E-state index in [1.54, 1.807) is 0 Å². The smallest absolute Gasteiger partial charge is 0.290 e. The zero-order valence-electron chi connectivity index (χ0n) is 7.49. The van der Waals surface area contributed by atoms with Crippen molar-refractivity contribution in [2.75, 3.05) is 6.54 Å². The summed E-state index contributed by atoms with van der Waals surface area (Å²) < 4.78 is 0. The number of nitrogens with one attached hydrogen (secondary N) is 1. The van der Waals surface area contributed by atoms with E-state index in [0.717, 1.165) is 17.9 Å². The maximum absolute atomic E-state index is 8.36. The van der Waals surface area contributed by atoms with E-state index in [1.165, 1.54) is 25.8 Å². The topological polar surface area (TPSA) is 49.3 Å². The molecule has 2 N–H and O–H groups in total. The van der Waals surface area contributed by atoms with Gasteiger partial charge in [0.15, 0.2) is 0 Å². The average Bonchev–Trinajstić information content (AvgIpc) is 2.07. The quantitative estimate of drug-likeness (QED) is 0.536. The molecule has 0 aromatic carbocycles. The fraction of sp³-hybridized carbons (Fsp3) is 0.889. The molecule has 3 heteroatoms. The highest BCUT2D eigenvalue weighted by Gasteiger charge is 2.31. The Hall–Kier alpha value is -0.570. The lowest BCUT2D eigenvalue weighted by Gasteiger charge is -2.41. The maximum atomic E-state index is 8.36. The molecule has 1 saturated carbocycles. The molecule has 0 amide bonds. The second-order valence-corrected chi connectivity index (χ2v) is 3.76. The van der Waals surface area contributed by atoms with Crippen molar-refractivity contribution in [2.45, 2.75) is 32.2 Å². The molecule has 3 nitrogen and oxygen atoms in total. The van der Waals surface area contributed by atoms with E-state index in [1.807, 2.05) is 0 Å². The van der Waals surface area contributed by atoms with Crippen LogP contribution in [0.5, 0.6) is 0 Å². The van der Waals surface area contributed by atoms with Crippen LogP contribution >= 0.6 is 0 Å². The van der Waals surface area contributed by atoms with Crippen LogP contribution in [0.3, 0.4) is 0 Å². The molecule has 3 fully saturated rings. The number of carboxylic acid groups (broad SMARTS) is 1. The molecule has 2 saturated heterocycles. The molecule has 1 aliphatic carbocycles. The van der Waals surface area contributed by atoms with Crippen LogP contribution < -0.4 is 5.32 Å². The Morgan fingerprint density at radius 3 is 2.33 bits per heavy atom. The number of hydrogen-bond donors (Lipinski definition) is 2. The predicted molar refractivity (Wildman–Crippen MR) is 47.0 cm³/mol. The Labute approximate surface area is 73.2 Å². The van der Waals surface area contributed by atoms with Crippen molar-refractivity contribution in [1.82, 2.24) is 5.32 Å². The van der Waals surface area contributed by atoms with Crippen LogP contribution in [0.4, 0.5) is 0 Å². The molecule has 2 aliphatic heterocycles. The van der Waals surface area contributed by atoms with Gasteiger partial charge in [0.1, 0.15) is 0 Å². The maximum Gasteiger partial charge on any atom is 0.290 e. The van der Waals surface area contributed by atoms with Gasteiger partial charge in [-0.05, 0) is 37.6 Å². The molecule has 2 bridgehead atoms. The first-order valence-corrected chi connectivity index (χ1v) is 4.59. The van der Waals surface area contributed by atoms with Gasteiger partial charge in [0.05, 0.1) is 0 Å². The first kappa shape index (κ1) is 9.52. The van der Waals surface area contributed by atoms with E-state index in [4.69, 9.17) is 9.90 Å². The summed E-state index contributed by atoms with van der Waals surface area (Å²) in [5.41, 5.74) is 0. The van der Waals surface area contributed by atoms with Gasteiger partial charge < -0.3 is 10.4 Å². The highest BCUT2D eigenvalue weighted by Crippen LogP contribution is 2.33. The molecule has 0 aromatic rings. The molecule has 0 spiro atoms.